The van der Waals surface area contributed by atoms with Crippen molar-refractivity contribution in [2.24, 2.45) is 0 Å². The molecule has 2 aromatic carbocycles. The van der Waals surface area contributed by atoms with Crippen LogP contribution in [-0.4, -0.2) is 54.1 Å². The number of ether oxygens (including phenoxy) is 2. The fourth-order valence-corrected chi connectivity index (χ4v) is 3.78. The number of benzene rings is 2. The van der Waals surface area contributed by atoms with Gasteiger partial charge in [-0.05, 0) is 44.2 Å². The van der Waals surface area contributed by atoms with E-state index in [9.17, 15) is 9.18 Å². The van der Waals surface area contributed by atoms with Crippen molar-refractivity contribution in [3.63, 3.8) is 0 Å². The minimum atomic E-state index is -0.537. The molecule has 0 saturated carbocycles. The highest BCUT2D eigenvalue weighted by Gasteiger charge is 2.21. The maximum atomic E-state index is 14.4. The second-order valence-corrected chi connectivity index (χ2v) is 8.28. The zero-order valence-corrected chi connectivity index (χ0v) is 19.4. The van der Waals surface area contributed by atoms with Gasteiger partial charge in [0, 0.05) is 30.2 Å². The number of halogens is 2. The summed E-state index contributed by atoms with van der Waals surface area (Å²) < 4.78 is 25.8. The summed E-state index contributed by atoms with van der Waals surface area (Å²) in [6.07, 6.45) is 2.05. The monoisotopic (exact) mass is 473 g/mol. The largest absolute Gasteiger partial charge is 0.493 e. The molecule has 33 heavy (non-hydrogen) atoms. The average molecular weight is 474 g/mol. The number of carbonyl (C=O) groups is 1. The predicted molar refractivity (Wildman–Crippen MR) is 125 cm³/mol. The van der Waals surface area contributed by atoms with Gasteiger partial charge in [-0.15, -0.1) is 0 Å². The first-order valence-corrected chi connectivity index (χ1v) is 10.9. The summed E-state index contributed by atoms with van der Waals surface area (Å²) >= 11 is 6.09. The lowest BCUT2D eigenvalue weighted by Crippen LogP contribution is -2.43. The molecule has 0 saturated heterocycles. The summed E-state index contributed by atoms with van der Waals surface area (Å²) in [4.78, 5) is 23.2. The molecule has 0 fully saturated rings. The smallest absolute Gasteiger partial charge is 0.237 e. The van der Waals surface area contributed by atoms with Crippen LogP contribution in [0, 0.1) is 5.82 Å². The highest BCUT2D eigenvalue weighted by Crippen LogP contribution is 2.36. The number of nitrogens with one attached hydrogen (secondary N) is 2. The van der Waals surface area contributed by atoms with Crippen molar-refractivity contribution < 1.29 is 18.7 Å². The minimum absolute atomic E-state index is 0.0202. The molecule has 1 aliphatic rings. The Morgan fingerprint density at radius 2 is 2.09 bits per heavy atom. The van der Waals surface area contributed by atoms with E-state index in [1.54, 1.807) is 26.2 Å². The maximum absolute atomic E-state index is 14.4. The van der Waals surface area contributed by atoms with Crippen molar-refractivity contribution in [1.29, 1.82) is 0 Å². The third-order valence-corrected chi connectivity index (χ3v) is 5.95. The van der Waals surface area contributed by atoms with Gasteiger partial charge in [-0.1, -0.05) is 11.6 Å². The molecule has 8 nitrogen and oxygen atoms in total. The number of hydrogen-bond acceptors (Lipinski definition) is 7. The van der Waals surface area contributed by atoms with Crippen LogP contribution < -0.4 is 20.1 Å². The van der Waals surface area contributed by atoms with Gasteiger partial charge in [0.25, 0.3) is 0 Å². The molecule has 0 aliphatic carbocycles. The topological polar surface area (TPSA) is 88.6 Å². The lowest BCUT2D eigenvalue weighted by atomic mass is 10.1. The number of hydrogen-bond donors (Lipinski definition) is 2. The lowest BCUT2D eigenvalue weighted by Gasteiger charge is -2.25. The second-order valence-electron chi connectivity index (χ2n) is 7.88. The number of amides is 1. The van der Waals surface area contributed by atoms with Crippen LogP contribution in [0.4, 0.5) is 15.9 Å². The van der Waals surface area contributed by atoms with E-state index in [0.29, 0.717) is 65.6 Å². The molecule has 1 aromatic heterocycles. The quantitative estimate of drug-likeness (QED) is 0.554. The summed E-state index contributed by atoms with van der Waals surface area (Å²) in [7, 11) is 3.37. The number of fused-ring (bicyclic) bond motifs is 2. The number of anilines is 2. The van der Waals surface area contributed by atoms with Crippen molar-refractivity contribution in [2.75, 3.05) is 32.6 Å². The third-order valence-electron chi connectivity index (χ3n) is 5.66. The Hall–Kier alpha value is -3.17. The first-order valence-electron chi connectivity index (χ1n) is 10.6. The van der Waals surface area contributed by atoms with Gasteiger partial charge in [0.15, 0.2) is 11.5 Å². The Morgan fingerprint density at radius 3 is 2.88 bits per heavy atom. The Kier molecular flexibility index (Phi) is 6.80. The van der Waals surface area contributed by atoms with Crippen molar-refractivity contribution in [2.45, 2.75) is 25.9 Å². The molecule has 1 aliphatic heterocycles. The molecule has 2 N–H and O–H groups in total. The van der Waals surface area contributed by atoms with Crippen LogP contribution in [0.5, 0.6) is 11.5 Å². The first kappa shape index (κ1) is 23.0. The average Bonchev–Trinajstić information content (AvgIpc) is 2.80. The molecule has 0 radical (unpaired) electrons. The van der Waals surface area contributed by atoms with E-state index >= 15 is 0 Å². The van der Waals surface area contributed by atoms with E-state index < -0.39 is 11.9 Å². The van der Waals surface area contributed by atoms with E-state index in [0.717, 1.165) is 0 Å². The van der Waals surface area contributed by atoms with E-state index in [-0.39, 0.29) is 10.9 Å². The fraction of sp³-hybridized carbons (Fsp3) is 0.348. The van der Waals surface area contributed by atoms with E-state index in [2.05, 4.69) is 20.6 Å². The van der Waals surface area contributed by atoms with Crippen LogP contribution >= 0.6 is 11.6 Å². The lowest BCUT2D eigenvalue weighted by molar-refractivity contribution is -0.125. The van der Waals surface area contributed by atoms with E-state index in [4.69, 9.17) is 21.1 Å². The number of aromatic nitrogens is 2. The van der Waals surface area contributed by atoms with Gasteiger partial charge < -0.3 is 20.1 Å². The molecule has 3 aromatic rings. The van der Waals surface area contributed by atoms with E-state index in [1.807, 2.05) is 11.9 Å². The Bertz CT molecular complexity index is 1190. The van der Waals surface area contributed by atoms with Crippen LogP contribution in [0.3, 0.4) is 0 Å². The van der Waals surface area contributed by atoms with E-state index in [1.165, 1.54) is 18.5 Å². The number of methoxy groups -OCH3 is 1. The molecule has 10 heteroatoms. The molecular formula is C23H25ClFN5O3. The molecule has 2 bridgehead atoms. The molecule has 1 atom stereocenters. The van der Waals surface area contributed by atoms with Crippen molar-refractivity contribution in [1.82, 2.24) is 20.2 Å². The molecular weight excluding hydrogens is 449 g/mol. The predicted octanol–water partition coefficient (Wildman–Crippen LogP) is 3.89. The third kappa shape index (κ3) is 4.94. The number of likely N-dealkylation sites (N-methyl/N-ethyl adjacent to an activating group) is 1. The van der Waals surface area contributed by atoms with Gasteiger partial charge in [-0.2, -0.15) is 0 Å². The van der Waals surface area contributed by atoms with Crippen LogP contribution in [0.2, 0.25) is 5.02 Å². The van der Waals surface area contributed by atoms with Gasteiger partial charge in [0.1, 0.15) is 18.0 Å². The zero-order chi connectivity index (χ0) is 23.5. The molecule has 2 heterocycles. The van der Waals surface area contributed by atoms with Gasteiger partial charge in [0.05, 0.1) is 30.3 Å². The maximum Gasteiger partial charge on any atom is 0.237 e. The van der Waals surface area contributed by atoms with Gasteiger partial charge in [0.2, 0.25) is 5.91 Å². The van der Waals surface area contributed by atoms with Crippen LogP contribution in [-0.2, 0) is 11.3 Å². The fourth-order valence-electron chi connectivity index (χ4n) is 3.62. The zero-order valence-electron chi connectivity index (χ0n) is 18.6. The SMILES string of the molecule is COc1cc2ncnc3c2cc1OCCCNC(=O)[C@@H](C)N(C)Cc1cc(F)c(Cl)cc1N3. The van der Waals surface area contributed by atoms with Crippen LogP contribution in [0.15, 0.2) is 30.6 Å². The Labute approximate surface area is 196 Å². The summed E-state index contributed by atoms with van der Waals surface area (Å²) in [6.45, 7) is 2.97. The standard InChI is InChI=1S/C23H25ClFN5O3/c1-13-23(31)26-5-4-6-33-21-8-15-19(10-20(21)32-3)27-12-28-22(15)29-18-9-16(24)17(25)7-14(18)11-30(13)2/h7-10,12-13H,4-6,11H2,1-3H3,(H,26,31)(H,27,28,29)/t13-/m1/s1. The summed E-state index contributed by atoms with van der Waals surface area (Å²) in [5, 5.41) is 6.87. The summed E-state index contributed by atoms with van der Waals surface area (Å²) in [5.41, 5.74) is 1.86. The highest BCUT2D eigenvalue weighted by atomic mass is 35.5. The molecule has 0 spiro atoms. The molecule has 4 rings (SSSR count). The highest BCUT2D eigenvalue weighted by molar-refractivity contribution is 6.31. The van der Waals surface area contributed by atoms with Gasteiger partial charge >= 0.3 is 0 Å². The van der Waals surface area contributed by atoms with Crippen molar-refractivity contribution in [3.8, 4) is 11.5 Å². The Morgan fingerprint density at radius 1 is 1.27 bits per heavy atom. The molecule has 0 unspecified atom stereocenters. The van der Waals surface area contributed by atoms with Gasteiger partial charge in [-0.3, -0.25) is 9.69 Å². The first-order chi connectivity index (χ1) is 15.9. The molecule has 1 amide bonds. The van der Waals surface area contributed by atoms with Crippen molar-refractivity contribution >= 4 is 39.9 Å². The Balaban J connectivity index is 1.83. The van der Waals surface area contributed by atoms with Gasteiger partial charge in [-0.25, -0.2) is 14.4 Å². The van der Waals surface area contributed by atoms with Crippen LogP contribution in [0.1, 0.15) is 18.9 Å². The number of nitrogens with zero attached hydrogens (tertiary/aromatic N) is 3. The second kappa shape index (κ2) is 9.76. The summed E-state index contributed by atoms with van der Waals surface area (Å²) in [5.74, 6) is 0.928. The molecule has 174 valence electrons. The number of carbonyl (C=O) groups excluding carboxylic acids is 1. The summed E-state index contributed by atoms with van der Waals surface area (Å²) in [6, 6.07) is 6.04. The van der Waals surface area contributed by atoms with Crippen LogP contribution in [0.25, 0.3) is 10.9 Å². The normalized spacial score (nSPS) is 17.7. The van der Waals surface area contributed by atoms with Crippen molar-refractivity contribution in [3.05, 3.63) is 47.0 Å². The number of rotatable bonds is 1. The minimum Gasteiger partial charge on any atom is -0.493 e.